The lowest BCUT2D eigenvalue weighted by Gasteiger charge is -2.15. The maximum absolute atomic E-state index is 12.3. The van der Waals surface area contributed by atoms with Gasteiger partial charge in [-0.05, 0) is 0 Å². The van der Waals surface area contributed by atoms with Crippen LogP contribution in [0, 0.1) is 0 Å². The maximum atomic E-state index is 12.3. The molecule has 4 rings (SSSR count). The van der Waals surface area contributed by atoms with E-state index in [1.807, 2.05) is 0 Å². The predicted octanol–water partition coefficient (Wildman–Crippen LogP) is 2.13. The summed E-state index contributed by atoms with van der Waals surface area (Å²) < 4.78 is 32.0. The van der Waals surface area contributed by atoms with Crippen LogP contribution >= 0.6 is 0 Å². The van der Waals surface area contributed by atoms with Gasteiger partial charge in [0.1, 0.15) is 64.3 Å². The van der Waals surface area contributed by atoms with Crippen molar-refractivity contribution in [3.8, 4) is 23.0 Å². The molecule has 0 fully saturated rings. The molecule has 13 nitrogen and oxygen atoms in total. The summed E-state index contributed by atoms with van der Waals surface area (Å²) in [4.78, 5) is 47.1. The van der Waals surface area contributed by atoms with Crippen LogP contribution in [0.15, 0.2) is 54.8 Å². The Hall–Kier alpha value is -5.04. The summed E-state index contributed by atoms with van der Waals surface area (Å²) in [7, 11) is 2.62. The van der Waals surface area contributed by atoms with Crippen LogP contribution in [0.25, 0.3) is 21.9 Å². The second-order valence-corrected chi connectivity index (χ2v) is 7.83. The van der Waals surface area contributed by atoms with E-state index >= 15 is 0 Å². The van der Waals surface area contributed by atoms with Gasteiger partial charge in [0.2, 0.25) is 11.5 Å². The molecule has 0 spiro atoms. The highest BCUT2D eigenvalue weighted by Gasteiger charge is 2.18. The Morgan fingerprint density at radius 2 is 1.13 bits per heavy atom. The molecule has 0 bridgehead atoms. The topological polar surface area (TPSA) is 192 Å². The lowest BCUT2D eigenvalue weighted by Crippen LogP contribution is -2.25. The van der Waals surface area contributed by atoms with E-state index in [4.69, 9.17) is 38.0 Å². The Kier molecular flexibility index (Phi) is 7.21. The van der Waals surface area contributed by atoms with Gasteiger partial charge in [-0.2, -0.15) is 0 Å². The van der Waals surface area contributed by atoms with E-state index in [-0.39, 0.29) is 58.2 Å². The maximum Gasteiger partial charge on any atom is 0.371 e. The number of carbonyl (C=O) groups is 2. The van der Waals surface area contributed by atoms with Gasteiger partial charge in [0, 0.05) is 36.4 Å². The van der Waals surface area contributed by atoms with Crippen molar-refractivity contribution in [1.82, 2.24) is 0 Å². The van der Waals surface area contributed by atoms with Crippen LogP contribution in [0.4, 0.5) is 0 Å². The molecule has 0 aliphatic rings. The first-order valence-electron chi connectivity index (χ1n) is 10.8. The fourth-order valence-electron chi connectivity index (χ4n) is 3.59. The van der Waals surface area contributed by atoms with Crippen molar-refractivity contribution in [3.63, 3.8) is 0 Å². The number of methoxy groups -OCH3 is 2. The van der Waals surface area contributed by atoms with Crippen molar-refractivity contribution in [3.05, 3.63) is 68.4 Å². The number of ether oxygens (including phenoxy) is 4. The first-order valence-corrected chi connectivity index (χ1v) is 10.8. The lowest BCUT2D eigenvalue weighted by atomic mass is 10.2. The minimum Gasteiger partial charge on any atom is -0.496 e. The molecule has 198 valence electrons. The van der Waals surface area contributed by atoms with Crippen molar-refractivity contribution in [2.45, 2.75) is 6.10 Å². The van der Waals surface area contributed by atoms with E-state index in [0.717, 1.165) is 12.1 Å². The average Bonchev–Trinajstić information content (AvgIpc) is 2.89. The number of benzene rings is 2. The molecule has 0 aliphatic heterocycles. The third-order valence-corrected chi connectivity index (χ3v) is 5.28. The highest BCUT2D eigenvalue weighted by atomic mass is 16.5. The second kappa shape index (κ2) is 10.5. The van der Waals surface area contributed by atoms with Crippen LogP contribution in [-0.2, 0) is 0 Å². The number of hydrogen-bond donors (Lipinski definition) is 3. The van der Waals surface area contributed by atoms with Gasteiger partial charge in [0.05, 0.1) is 14.2 Å². The van der Waals surface area contributed by atoms with E-state index in [0.29, 0.717) is 0 Å². The van der Waals surface area contributed by atoms with Crippen LogP contribution in [0.5, 0.6) is 23.0 Å². The summed E-state index contributed by atoms with van der Waals surface area (Å²) in [6.07, 6.45) is -1.19. The standard InChI is InChI=1S/C25H20O13/c1-33-16-3-12(5-18-22(16)14(27)7-20(37-18)24(29)30)35-9-11(26)10-36-13-4-17(34-2)23-15(28)8-21(25(31)32)38-19(23)6-13/h3-8,11,26H,9-10H2,1-2H3,(H,29,30)(H,31,32). The monoisotopic (exact) mass is 528 g/mol. The molecule has 0 aliphatic carbocycles. The van der Waals surface area contributed by atoms with Crippen LogP contribution in [-0.4, -0.2) is 60.8 Å². The van der Waals surface area contributed by atoms with E-state index in [1.54, 1.807) is 0 Å². The van der Waals surface area contributed by atoms with Crippen LogP contribution < -0.4 is 29.8 Å². The number of aromatic carboxylic acids is 2. The molecule has 4 aromatic rings. The van der Waals surface area contributed by atoms with E-state index in [9.17, 15) is 24.3 Å². The van der Waals surface area contributed by atoms with Gasteiger partial charge in [0.25, 0.3) is 0 Å². The van der Waals surface area contributed by atoms with Crippen LogP contribution in [0.1, 0.15) is 21.1 Å². The predicted molar refractivity (Wildman–Crippen MR) is 129 cm³/mol. The Labute approximate surface area is 211 Å². The van der Waals surface area contributed by atoms with Crippen molar-refractivity contribution in [2.75, 3.05) is 27.4 Å². The Morgan fingerprint density at radius 3 is 1.47 bits per heavy atom. The summed E-state index contributed by atoms with van der Waals surface area (Å²) in [6, 6.07) is 7.01. The number of rotatable bonds is 10. The lowest BCUT2D eigenvalue weighted by molar-refractivity contribution is 0.0625. The molecule has 0 amide bonds. The zero-order chi connectivity index (χ0) is 27.6. The number of carboxylic acids is 2. The zero-order valence-electron chi connectivity index (χ0n) is 19.9. The van der Waals surface area contributed by atoms with Crippen molar-refractivity contribution in [1.29, 1.82) is 0 Å². The van der Waals surface area contributed by atoms with Gasteiger partial charge in [-0.25, -0.2) is 9.59 Å². The SMILES string of the molecule is COc1cc(OCC(O)COc2cc(OC)c3c(=O)cc(C(=O)O)oc3c2)cc2oc(C(=O)O)cc(=O)c12. The van der Waals surface area contributed by atoms with E-state index in [2.05, 4.69) is 0 Å². The number of carboxylic acid groups (broad SMARTS) is 2. The molecule has 2 aromatic heterocycles. The van der Waals surface area contributed by atoms with Crippen LogP contribution in [0.2, 0.25) is 0 Å². The Balaban J connectivity index is 1.51. The van der Waals surface area contributed by atoms with Gasteiger partial charge in [0.15, 0.2) is 10.9 Å². The number of aliphatic hydroxyl groups excluding tert-OH is 1. The van der Waals surface area contributed by atoms with Gasteiger partial charge in [-0.1, -0.05) is 0 Å². The minimum atomic E-state index is -1.43. The summed E-state index contributed by atoms with van der Waals surface area (Å²) in [5.74, 6) is -3.57. The van der Waals surface area contributed by atoms with E-state index < -0.39 is 40.4 Å². The number of aliphatic hydroxyl groups is 1. The first kappa shape index (κ1) is 26.0. The molecule has 0 radical (unpaired) electrons. The van der Waals surface area contributed by atoms with Gasteiger partial charge in [-0.15, -0.1) is 0 Å². The average molecular weight is 528 g/mol. The molecule has 0 unspecified atom stereocenters. The fraction of sp³-hybridized carbons (Fsp3) is 0.200. The van der Waals surface area contributed by atoms with Gasteiger partial charge in [-0.3, -0.25) is 9.59 Å². The van der Waals surface area contributed by atoms with Crippen molar-refractivity contribution >= 4 is 33.9 Å². The van der Waals surface area contributed by atoms with Crippen molar-refractivity contribution < 1.29 is 52.7 Å². The smallest absolute Gasteiger partial charge is 0.371 e. The van der Waals surface area contributed by atoms with Crippen molar-refractivity contribution in [2.24, 2.45) is 0 Å². The van der Waals surface area contributed by atoms with Crippen LogP contribution in [0.3, 0.4) is 0 Å². The molecule has 0 saturated heterocycles. The molecule has 2 heterocycles. The molecule has 38 heavy (non-hydrogen) atoms. The number of hydrogen-bond acceptors (Lipinski definition) is 11. The fourth-order valence-corrected chi connectivity index (χ4v) is 3.59. The minimum absolute atomic E-state index is 0.0247. The highest BCUT2D eigenvalue weighted by molar-refractivity contribution is 5.91. The largest absolute Gasteiger partial charge is 0.496 e. The molecule has 13 heteroatoms. The van der Waals surface area contributed by atoms with E-state index in [1.165, 1.54) is 38.5 Å². The summed E-state index contributed by atoms with van der Waals surface area (Å²) in [6.45, 7) is -0.582. The third kappa shape index (κ3) is 5.22. The first-order chi connectivity index (χ1) is 18.1. The summed E-state index contributed by atoms with van der Waals surface area (Å²) in [5, 5.41) is 28.7. The quantitative estimate of drug-likeness (QED) is 0.271. The molecular weight excluding hydrogens is 508 g/mol. The Bertz CT molecular complexity index is 1540. The molecule has 3 N–H and O–H groups in total. The molecule has 0 saturated carbocycles. The summed E-state index contributed by atoms with van der Waals surface area (Å²) >= 11 is 0. The zero-order valence-corrected chi connectivity index (χ0v) is 19.9. The molecular formula is C25H20O13. The molecule has 2 aromatic carbocycles. The van der Waals surface area contributed by atoms with Gasteiger partial charge < -0.3 is 43.1 Å². The second-order valence-electron chi connectivity index (χ2n) is 7.83. The number of fused-ring (bicyclic) bond motifs is 2. The molecule has 0 atom stereocenters. The highest BCUT2D eigenvalue weighted by Crippen LogP contribution is 2.31. The van der Waals surface area contributed by atoms with Gasteiger partial charge >= 0.3 is 11.9 Å². The normalized spacial score (nSPS) is 11.1. The summed E-state index contributed by atoms with van der Waals surface area (Å²) in [5.41, 5.74) is -1.39. The third-order valence-electron chi connectivity index (χ3n) is 5.28. The Morgan fingerprint density at radius 1 is 0.737 bits per heavy atom.